The molecular formula is C20H21N2O4S+. The molecule has 0 saturated carbocycles. The van der Waals surface area contributed by atoms with Crippen LogP contribution in [0.1, 0.15) is 24.8 Å². The van der Waals surface area contributed by atoms with Gasteiger partial charge in [0.2, 0.25) is 17.4 Å². The maximum Gasteiger partial charge on any atom is 0.368 e. The van der Waals surface area contributed by atoms with Gasteiger partial charge < -0.3 is 10.1 Å². The number of benzene rings is 1. The molecule has 0 spiro atoms. The molecule has 4 atom stereocenters. The van der Waals surface area contributed by atoms with E-state index in [1.54, 1.807) is 38.1 Å². The number of nitrogens with zero attached hydrogens (tertiary/aromatic N) is 1. The molecule has 140 valence electrons. The van der Waals surface area contributed by atoms with Crippen LogP contribution in [-0.4, -0.2) is 29.9 Å². The summed E-state index contributed by atoms with van der Waals surface area (Å²) in [7, 11) is 0. The summed E-state index contributed by atoms with van der Waals surface area (Å²) in [6.45, 7) is 3.69. The molecule has 2 amide bonds. The third-order valence-corrected chi connectivity index (χ3v) is 6.48. The van der Waals surface area contributed by atoms with Crippen molar-refractivity contribution < 1.29 is 24.4 Å². The number of carbonyl (C=O) groups excluding carboxylic acids is 3. The van der Waals surface area contributed by atoms with E-state index in [1.165, 1.54) is 16.2 Å². The van der Waals surface area contributed by atoms with Gasteiger partial charge in [0.05, 0.1) is 17.2 Å². The third-order valence-electron chi connectivity index (χ3n) is 5.51. The van der Waals surface area contributed by atoms with Crippen LogP contribution in [0, 0.1) is 11.8 Å². The molecule has 3 heterocycles. The number of rotatable bonds is 4. The zero-order valence-corrected chi connectivity index (χ0v) is 15.9. The topological polar surface area (TPSA) is 80.3 Å². The maximum atomic E-state index is 13.3. The first-order valence-corrected chi connectivity index (χ1v) is 9.86. The minimum absolute atomic E-state index is 0.230. The van der Waals surface area contributed by atoms with Crippen molar-refractivity contribution in [1.29, 1.82) is 0 Å². The zero-order valence-electron chi connectivity index (χ0n) is 15.1. The van der Waals surface area contributed by atoms with E-state index in [0.29, 0.717) is 5.69 Å². The highest BCUT2D eigenvalue weighted by Gasteiger charge is 2.71. The number of imide groups is 1. The first-order valence-electron chi connectivity index (χ1n) is 8.98. The second kappa shape index (κ2) is 6.58. The molecule has 1 aromatic carbocycles. The zero-order chi connectivity index (χ0) is 19.2. The number of anilines is 1. The third kappa shape index (κ3) is 2.61. The lowest BCUT2D eigenvalue weighted by molar-refractivity contribution is -0.730. The maximum absolute atomic E-state index is 13.3. The van der Waals surface area contributed by atoms with Crippen molar-refractivity contribution >= 4 is 34.8 Å². The van der Waals surface area contributed by atoms with E-state index in [0.717, 1.165) is 4.88 Å². The van der Waals surface area contributed by atoms with Gasteiger partial charge >= 0.3 is 5.97 Å². The Morgan fingerprint density at radius 2 is 1.93 bits per heavy atom. The van der Waals surface area contributed by atoms with Crippen molar-refractivity contribution in [2.75, 3.05) is 11.5 Å². The van der Waals surface area contributed by atoms with Crippen molar-refractivity contribution in [2.45, 2.75) is 25.4 Å². The highest BCUT2D eigenvalue weighted by atomic mass is 32.1. The molecular weight excluding hydrogens is 364 g/mol. The molecule has 7 heteroatoms. The molecule has 1 aromatic heterocycles. The Bertz CT molecular complexity index is 883. The van der Waals surface area contributed by atoms with Crippen LogP contribution in [0.4, 0.5) is 5.69 Å². The minimum atomic E-state index is -1.13. The van der Waals surface area contributed by atoms with E-state index in [-0.39, 0.29) is 24.5 Å². The van der Waals surface area contributed by atoms with Crippen LogP contribution >= 0.6 is 11.3 Å². The number of carbonyl (C=O) groups is 3. The van der Waals surface area contributed by atoms with Gasteiger partial charge in [0, 0.05) is 6.92 Å². The largest absolute Gasteiger partial charge is 0.461 e. The summed E-state index contributed by atoms with van der Waals surface area (Å²) in [5, 5.41) is 3.79. The average molecular weight is 385 g/mol. The fraction of sp³-hybridized carbons (Fsp3) is 0.350. The van der Waals surface area contributed by atoms with Gasteiger partial charge in [-0.3, -0.25) is 9.59 Å². The molecule has 0 unspecified atom stereocenters. The molecule has 2 aliphatic heterocycles. The molecule has 2 fully saturated rings. The Hall–Kier alpha value is -2.51. The summed E-state index contributed by atoms with van der Waals surface area (Å²) in [6, 6.07) is 12.5. The van der Waals surface area contributed by atoms with Gasteiger partial charge in [-0.1, -0.05) is 24.3 Å². The fourth-order valence-electron chi connectivity index (χ4n) is 4.32. The molecule has 2 aromatic rings. The van der Waals surface area contributed by atoms with Crippen LogP contribution in [0.25, 0.3) is 0 Å². The summed E-state index contributed by atoms with van der Waals surface area (Å²) in [6.07, 6.45) is 0. The Kier molecular flexibility index (Phi) is 4.36. The lowest BCUT2D eigenvalue weighted by Crippen LogP contribution is -2.97. The van der Waals surface area contributed by atoms with Crippen molar-refractivity contribution in [3.63, 3.8) is 0 Å². The SMILES string of the molecule is CCOC(=O)[C@]1(C)[NH2+][C@@H](c2cccs2)[C@H]2C(=O)N(c3ccccc3)C(=O)[C@@H]21. The second-order valence-electron chi connectivity index (χ2n) is 7.06. The van der Waals surface area contributed by atoms with E-state index in [9.17, 15) is 14.4 Å². The molecule has 2 N–H and O–H groups in total. The predicted octanol–water partition coefficient (Wildman–Crippen LogP) is 1.49. The van der Waals surface area contributed by atoms with Crippen LogP contribution in [0.3, 0.4) is 0 Å². The van der Waals surface area contributed by atoms with Crippen LogP contribution in [0.2, 0.25) is 0 Å². The molecule has 0 aliphatic carbocycles. The average Bonchev–Trinajstić information content (AvgIpc) is 3.34. The fourth-order valence-corrected chi connectivity index (χ4v) is 5.16. The van der Waals surface area contributed by atoms with Gasteiger partial charge in [0.1, 0.15) is 17.9 Å². The van der Waals surface area contributed by atoms with E-state index in [2.05, 4.69) is 0 Å². The molecule has 6 nitrogen and oxygen atoms in total. The Labute approximate surface area is 161 Å². The van der Waals surface area contributed by atoms with Gasteiger partial charge in [0.25, 0.3) is 0 Å². The van der Waals surface area contributed by atoms with Crippen LogP contribution in [0.5, 0.6) is 0 Å². The summed E-state index contributed by atoms with van der Waals surface area (Å²) in [5.41, 5.74) is -0.593. The summed E-state index contributed by atoms with van der Waals surface area (Å²) >= 11 is 1.53. The summed E-state index contributed by atoms with van der Waals surface area (Å²) in [4.78, 5) is 41.6. The van der Waals surface area contributed by atoms with Gasteiger partial charge in [-0.25, -0.2) is 9.69 Å². The number of quaternary nitrogens is 1. The van der Waals surface area contributed by atoms with E-state index < -0.39 is 23.3 Å². The summed E-state index contributed by atoms with van der Waals surface area (Å²) < 4.78 is 5.28. The van der Waals surface area contributed by atoms with E-state index in [4.69, 9.17) is 4.74 Å². The first kappa shape index (κ1) is 17.9. The van der Waals surface area contributed by atoms with Gasteiger partial charge in [-0.15, -0.1) is 11.3 Å². The van der Waals surface area contributed by atoms with Crippen molar-refractivity contribution in [3.05, 3.63) is 52.7 Å². The number of hydrogen-bond donors (Lipinski definition) is 1. The van der Waals surface area contributed by atoms with Crippen molar-refractivity contribution in [1.82, 2.24) is 0 Å². The summed E-state index contributed by atoms with van der Waals surface area (Å²) in [5.74, 6) is -2.38. The predicted molar refractivity (Wildman–Crippen MR) is 99.9 cm³/mol. The Morgan fingerprint density at radius 3 is 2.56 bits per heavy atom. The highest BCUT2D eigenvalue weighted by Crippen LogP contribution is 2.46. The molecule has 4 rings (SSSR count). The smallest absolute Gasteiger partial charge is 0.368 e. The first-order chi connectivity index (χ1) is 13.0. The van der Waals surface area contributed by atoms with E-state index >= 15 is 0 Å². The Morgan fingerprint density at radius 1 is 1.19 bits per heavy atom. The van der Waals surface area contributed by atoms with Crippen molar-refractivity contribution in [2.24, 2.45) is 11.8 Å². The van der Waals surface area contributed by atoms with Gasteiger partial charge in [0.15, 0.2) is 0 Å². The number of nitrogens with two attached hydrogens (primary N) is 1. The number of fused-ring (bicyclic) bond motifs is 1. The standard InChI is InChI=1S/C20H20N2O4S/c1-3-26-19(25)20(2)15-14(16(21-20)13-10-7-11-27-13)17(23)22(18(15)24)12-8-5-4-6-9-12/h4-11,14-16,21H,3H2,1-2H3/p+1/t14-,15+,16-,20+/m0/s1. The van der Waals surface area contributed by atoms with Crippen LogP contribution in [-0.2, 0) is 19.1 Å². The number of para-hydroxylation sites is 1. The quantitative estimate of drug-likeness (QED) is 0.639. The molecule has 0 bridgehead atoms. The monoisotopic (exact) mass is 385 g/mol. The number of thiophene rings is 1. The minimum Gasteiger partial charge on any atom is -0.461 e. The highest BCUT2D eigenvalue weighted by molar-refractivity contribution is 7.10. The lowest BCUT2D eigenvalue weighted by Gasteiger charge is -2.26. The number of esters is 1. The molecule has 2 saturated heterocycles. The van der Waals surface area contributed by atoms with E-state index in [1.807, 2.05) is 28.9 Å². The molecule has 0 radical (unpaired) electrons. The van der Waals surface area contributed by atoms with Gasteiger partial charge in [-0.2, -0.15) is 0 Å². The molecule has 27 heavy (non-hydrogen) atoms. The number of amides is 2. The Balaban J connectivity index is 1.81. The second-order valence-corrected chi connectivity index (χ2v) is 8.04. The van der Waals surface area contributed by atoms with Crippen molar-refractivity contribution in [3.8, 4) is 0 Å². The van der Waals surface area contributed by atoms with Crippen LogP contribution < -0.4 is 10.2 Å². The number of ether oxygens (including phenoxy) is 1. The van der Waals surface area contributed by atoms with Gasteiger partial charge in [-0.05, 0) is 30.5 Å². The molecule has 2 aliphatic rings. The lowest BCUT2D eigenvalue weighted by atomic mass is 9.81. The normalized spacial score (nSPS) is 29.9. The number of hydrogen-bond acceptors (Lipinski definition) is 5. The van der Waals surface area contributed by atoms with Crippen LogP contribution in [0.15, 0.2) is 47.8 Å².